The number of nitrogens with two attached hydrogens (primary N) is 1. The molecule has 11 heteroatoms. The second kappa shape index (κ2) is 10.1. The van der Waals surface area contributed by atoms with E-state index in [1.807, 2.05) is 27.7 Å². The van der Waals surface area contributed by atoms with Crippen molar-refractivity contribution in [2.45, 2.75) is 65.5 Å². The molecule has 0 aliphatic carbocycles. The molecule has 2 aromatic heterocycles. The summed E-state index contributed by atoms with van der Waals surface area (Å²) >= 11 is 0. The number of aromatic nitrogens is 4. The van der Waals surface area contributed by atoms with Crippen molar-refractivity contribution >= 4 is 28.8 Å². The number of nitrogen functional groups attached to an aromatic ring is 1. The van der Waals surface area contributed by atoms with E-state index >= 15 is 0 Å². The number of carbonyl (C=O) groups is 2. The molecule has 0 bridgehead atoms. The quantitative estimate of drug-likeness (QED) is 0.411. The summed E-state index contributed by atoms with van der Waals surface area (Å²) < 4.78 is 6.90. The standard InChI is InChI=1S/C19H31N7O4/c1-5-6-10-30-17-23-15(20)14-16(24-17)26(18(29)22-14)9-7-8-12(27)21-11-13(28)25-19(2,3)4/h5-11H2,1-4H3,(H,21,27)(H,22,29)(H,25,28)(H2,20,23,24). The molecule has 11 nitrogen and oxygen atoms in total. The molecule has 0 radical (unpaired) electrons. The average molecular weight is 422 g/mol. The molecule has 2 amide bonds. The Hall–Kier alpha value is -3.11. The van der Waals surface area contributed by atoms with Gasteiger partial charge in [-0.15, -0.1) is 0 Å². The number of ether oxygens (including phenoxy) is 1. The van der Waals surface area contributed by atoms with Crippen LogP contribution in [0.25, 0.3) is 11.2 Å². The normalized spacial score (nSPS) is 11.5. The Morgan fingerprint density at radius 2 is 1.93 bits per heavy atom. The first-order chi connectivity index (χ1) is 14.1. The Labute approximate surface area is 174 Å². The smallest absolute Gasteiger partial charge is 0.327 e. The fourth-order valence-electron chi connectivity index (χ4n) is 2.74. The number of fused-ring (bicyclic) bond motifs is 1. The molecule has 0 spiro atoms. The Morgan fingerprint density at radius 3 is 2.60 bits per heavy atom. The van der Waals surface area contributed by atoms with Gasteiger partial charge in [0.15, 0.2) is 11.5 Å². The number of hydrogen-bond donors (Lipinski definition) is 4. The summed E-state index contributed by atoms with van der Waals surface area (Å²) in [7, 11) is 0. The molecular formula is C19H31N7O4. The van der Waals surface area contributed by atoms with Crippen LogP contribution in [0.1, 0.15) is 53.4 Å². The molecule has 0 unspecified atom stereocenters. The van der Waals surface area contributed by atoms with Crippen LogP contribution in [0.15, 0.2) is 4.79 Å². The lowest BCUT2D eigenvalue weighted by Crippen LogP contribution is -2.45. The fourth-order valence-corrected chi connectivity index (χ4v) is 2.74. The van der Waals surface area contributed by atoms with Crippen molar-refractivity contribution in [3.8, 4) is 6.01 Å². The van der Waals surface area contributed by atoms with Crippen molar-refractivity contribution in [2.75, 3.05) is 18.9 Å². The average Bonchev–Trinajstić information content (AvgIpc) is 2.95. The molecule has 0 aromatic carbocycles. The van der Waals surface area contributed by atoms with Gasteiger partial charge in [0.1, 0.15) is 5.52 Å². The maximum atomic E-state index is 12.3. The number of imidazole rings is 1. The molecule has 0 saturated carbocycles. The van der Waals surface area contributed by atoms with E-state index in [2.05, 4.69) is 25.6 Å². The first-order valence-corrected chi connectivity index (χ1v) is 10.1. The molecule has 2 heterocycles. The zero-order valence-corrected chi connectivity index (χ0v) is 18.0. The highest BCUT2D eigenvalue weighted by Crippen LogP contribution is 2.18. The Kier molecular flexibility index (Phi) is 7.79. The first kappa shape index (κ1) is 23.2. The van der Waals surface area contributed by atoms with E-state index in [-0.39, 0.29) is 54.4 Å². The highest BCUT2D eigenvalue weighted by Gasteiger charge is 2.16. The van der Waals surface area contributed by atoms with Crippen LogP contribution in [-0.2, 0) is 16.1 Å². The molecule has 0 fully saturated rings. The van der Waals surface area contributed by atoms with Gasteiger partial charge in [-0.05, 0) is 33.6 Å². The summed E-state index contributed by atoms with van der Waals surface area (Å²) in [5.41, 5.74) is 5.84. The van der Waals surface area contributed by atoms with E-state index in [9.17, 15) is 14.4 Å². The van der Waals surface area contributed by atoms with Crippen LogP contribution >= 0.6 is 0 Å². The lowest BCUT2D eigenvalue weighted by molar-refractivity contribution is -0.126. The van der Waals surface area contributed by atoms with Gasteiger partial charge in [0.25, 0.3) is 0 Å². The van der Waals surface area contributed by atoms with Gasteiger partial charge in [0.05, 0.1) is 13.2 Å². The monoisotopic (exact) mass is 421 g/mol. The molecule has 5 N–H and O–H groups in total. The van der Waals surface area contributed by atoms with Crippen molar-refractivity contribution in [2.24, 2.45) is 0 Å². The van der Waals surface area contributed by atoms with Crippen LogP contribution in [0.5, 0.6) is 6.01 Å². The lowest BCUT2D eigenvalue weighted by atomic mass is 10.1. The lowest BCUT2D eigenvalue weighted by Gasteiger charge is -2.20. The zero-order chi connectivity index (χ0) is 22.3. The number of amides is 2. The van der Waals surface area contributed by atoms with Crippen LogP contribution in [0, 0.1) is 0 Å². The number of H-pyrrole nitrogens is 1. The van der Waals surface area contributed by atoms with Gasteiger partial charge < -0.3 is 26.1 Å². The molecule has 166 valence electrons. The summed E-state index contributed by atoms with van der Waals surface area (Å²) in [6.07, 6.45) is 2.36. The Balaban J connectivity index is 1.95. The number of aromatic amines is 1. The molecule has 30 heavy (non-hydrogen) atoms. The number of nitrogens with one attached hydrogen (secondary N) is 3. The van der Waals surface area contributed by atoms with Crippen molar-refractivity contribution in [1.29, 1.82) is 0 Å². The van der Waals surface area contributed by atoms with Gasteiger partial charge in [-0.3, -0.25) is 14.2 Å². The Morgan fingerprint density at radius 1 is 1.20 bits per heavy atom. The van der Waals surface area contributed by atoms with Crippen LogP contribution in [0.3, 0.4) is 0 Å². The largest absolute Gasteiger partial charge is 0.463 e. The maximum absolute atomic E-state index is 12.3. The molecular weight excluding hydrogens is 390 g/mol. The van der Waals surface area contributed by atoms with Crippen LogP contribution in [-0.4, -0.2) is 50.0 Å². The van der Waals surface area contributed by atoms with Crippen molar-refractivity contribution in [3.63, 3.8) is 0 Å². The number of aryl methyl sites for hydroxylation is 1. The van der Waals surface area contributed by atoms with Crippen molar-refractivity contribution in [3.05, 3.63) is 10.5 Å². The second-order valence-corrected chi connectivity index (χ2v) is 8.05. The minimum atomic E-state index is -0.387. The molecule has 0 aliphatic heterocycles. The topological polar surface area (TPSA) is 157 Å². The highest BCUT2D eigenvalue weighted by atomic mass is 16.5. The van der Waals surface area contributed by atoms with E-state index in [1.54, 1.807) is 0 Å². The Bertz CT molecular complexity index is 943. The van der Waals surface area contributed by atoms with E-state index < -0.39 is 0 Å². The minimum absolute atomic E-state index is 0.0919. The van der Waals surface area contributed by atoms with Crippen LogP contribution in [0.2, 0.25) is 0 Å². The van der Waals surface area contributed by atoms with Gasteiger partial charge in [-0.1, -0.05) is 13.3 Å². The predicted octanol–water partition coefficient (Wildman–Crippen LogP) is 0.692. The number of nitrogens with zero attached hydrogens (tertiary/aromatic N) is 3. The van der Waals surface area contributed by atoms with Gasteiger partial charge in [0.2, 0.25) is 11.8 Å². The summed E-state index contributed by atoms with van der Waals surface area (Å²) in [6.45, 7) is 8.25. The zero-order valence-electron chi connectivity index (χ0n) is 18.0. The summed E-state index contributed by atoms with van der Waals surface area (Å²) in [5.74, 6) is -0.402. The molecule has 0 atom stereocenters. The third-order valence-electron chi connectivity index (χ3n) is 4.11. The SMILES string of the molecule is CCCCOc1nc(N)c2[nH]c(=O)n(CCCC(=O)NCC(=O)NC(C)(C)C)c2n1. The summed E-state index contributed by atoms with van der Waals surface area (Å²) in [5, 5.41) is 5.34. The first-order valence-electron chi connectivity index (χ1n) is 10.1. The third kappa shape index (κ3) is 6.75. The molecule has 0 aliphatic rings. The second-order valence-electron chi connectivity index (χ2n) is 8.05. The van der Waals surface area contributed by atoms with Crippen molar-refractivity contribution in [1.82, 2.24) is 30.2 Å². The van der Waals surface area contributed by atoms with Gasteiger partial charge >= 0.3 is 11.7 Å². The van der Waals surface area contributed by atoms with Gasteiger partial charge in [-0.25, -0.2) is 4.79 Å². The fraction of sp³-hybridized carbons (Fsp3) is 0.632. The van der Waals surface area contributed by atoms with Crippen LogP contribution in [0.4, 0.5) is 5.82 Å². The molecule has 2 aromatic rings. The molecule has 0 saturated heterocycles. The van der Waals surface area contributed by atoms with Crippen molar-refractivity contribution < 1.29 is 14.3 Å². The van der Waals surface area contributed by atoms with E-state index in [1.165, 1.54) is 4.57 Å². The molecule has 2 rings (SSSR count). The number of anilines is 1. The van der Waals surface area contributed by atoms with Gasteiger partial charge in [0, 0.05) is 18.5 Å². The highest BCUT2D eigenvalue weighted by molar-refractivity contribution is 5.85. The van der Waals surface area contributed by atoms with E-state index in [0.29, 0.717) is 24.2 Å². The predicted molar refractivity (Wildman–Crippen MR) is 113 cm³/mol. The van der Waals surface area contributed by atoms with Gasteiger partial charge in [-0.2, -0.15) is 9.97 Å². The summed E-state index contributed by atoms with van der Waals surface area (Å²) in [6, 6.07) is 0.115. The summed E-state index contributed by atoms with van der Waals surface area (Å²) in [4.78, 5) is 47.0. The van der Waals surface area contributed by atoms with Crippen LogP contribution < -0.4 is 26.8 Å². The number of unbranched alkanes of at least 4 members (excludes halogenated alkanes) is 1. The number of rotatable bonds is 10. The van der Waals surface area contributed by atoms with E-state index in [4.69, 9.17) is 10.5 Å². The third-order valence-corrected chi connectivity index (χ3v) is 4.11. The number of hydrogen-bond acceptors (Lipinski definition) is 7. The maximum Gasteiger partial charge on any atom is 0.327 e. The van der Waals surface area contributed by atoms with E-state index in [0.717, 1.165) is 12.8 Å². The minimum Gasteiger partial charge on any atom is -0.463 e. The number of carbonyl (C=O) groups excluding carboxylic acids is 2.